The van der Waals surface area contributed by atoms with Gasteiger partial charge in [0.05, 0.1) is 6.04 Å². The van der Waals surface area contributed by atoms with Gasteiger partial charge in [-0.15, -0.1) is 0 Å². The molecule has 3 aromatic carbocycles. The van der Waals surface area contributed by atoms with E-state index in [0.717, 1.165) is 10.9 Å². The average Bonchev–Trinajstić information content (AvgIpc) is 3.19. The molecule has 0 unspecified atom stereocenters. The molecule has 1 aliphatic heterocycles. The molecule has 0 saturated carbocycles. The molecule has 1 aliphatic carbocycles. The second kappa shape index (κ2) is 6.44. The van der Waals surface area contributed by atoms with Crippen LogP contribution in [0.1, 0.15) is 29.5 Å². The smallest absolute Gasteiger partial charge is 0.0553 e. The molecule has 1 heterocycles. The number of allylic oxidation sites excluding steroid dienone is 2. The number of benzene rings is 3. The van der Waals surface area contributed by atoms with E-state index in [2.05, 4.69) is 106 Å². The highest BCUT2D eigenvalue weighted by atomic mass is 79.9. The molecule has 0 spiro atoms. The molecule has 1 N–H and O–H groups in total. The first-order valence-corrected chi connectivity index (χ1v) is 9.97. The van der Waals surface area contributed by atoms with Gasteiger partial charge in [0.1, 0.15) is 0 Å². The van der Waals surface area contributed by atoms with Crippen LogP contribution in [0.5, 0.6) is 0 Å². The van der Waals surface area contributed by atoms with Gasteiger partial charge in [-0.05, 0) is 58.9 Å². The first-order chi connectivity index (χ1) is 12.8. The zero-order chi connectivity index (χ0) is 17.5. The lowest BCUT2D eigenvalue weighted by molar-refractivity contribution is 0.425. The molecule has 2 aliphatic rings. The third kappa shape index (κ3) is 2.69. The quantitative estimate of drug-likeness (QED) is 0.458. The Morgan fingerprint density at radius 2 is 1.65 bits per heavy atom. The van der Waals surface area contributed by atoms with Crippen LogP contribution in [-0.2, 0) is 0 Å². The van der Waals surface area contributed by atoms with Crippen molar-refractivity contribution in [2.45, 2.75) is 18.4 Å². The lowest BCUT2D eigenvalue weighted by Gasteiger charge is -2.37. The minimum Gasteiger partial charge on any atom is -0.378 e. The van der Waals surface area contributed by atoms with E-state index in [1.807, 2.05) is 0 Å². The summed E-state index contributed by atoms with van der Waals surface area (Å²) in [5.74, 6) is 1.07. The van der Waals surface area contributed by atoms with E-state index in [-0.39, 0.29) is 0 Å². The van der Waals surface area contributed by atoms with Crippen LogP contribution >= 0.6 is 15.9 Å². The van der Waals surface area contributed by atoms with E-state index in [0.29, 0.717) is 17.9 Å². The summed E-state index contributed by atoms with van der Waals surface area (Å²) in [6.45, 7) is 0. The molecule has 2 heteroatoms. The van der Waals surface area contributed by atoms with Crippen LogP contribution in [0.2, 0.25) is 0 Å². The number of rotatable bonds is 2. The molecule has 1 nitrogen and oxygen atoms in total. The maximum absolute atomic E-state index is 3.83. The molecule has 0 amide bonds. The zero-order valence-corrected chi connectivity index (χ0v) is 16.0. The van der Waals surface area contributed by atoms with Crippen molar-refractivity contribution >= 4 is 21.6 Å². The van der Waals surface area contributed by atoms with E-state index in [1.165, 1.54) is 27.9 Å². The lowest BCUT2D eigenvalue weighted by Crippen LogP contribution is -2.29. The fourth-order valence-corrected chi connectivity index (χ4v) is 4.67. The Bertz CT molecular complexity index is 959. The van der Waals surface area contributed by atoms with Gasteiger partial charge in [-0.2, -0.15) is 0 Å². The lowest BCUT2D eigenvalue weighted by atomic mass is 9.76. The highest BCUT2D eigenvalue weighted by molar-refractivity contribution is 9.10. The van der Waals surface area contributed by atoms with Gasteiger partial charge < -0.3 is 5.32 Å². The highest BCUT2D eigenvalue weighted by Gasteiger charge is 2.37. The van der Waals surface area contributed by atoms with Crippen LogP contribution < -0.4 is 5.32 Å². The normalized spacial score (nSPS) is 23.2. The molecule has 26 heavy (non-hydrogen) atoms. The van der Waals surface area contributed by atoms with Crippen molar-refractivity contribution in [1.29, 1.82) is 0 Å². The number of hydrogen-bond acceptors (Lipinski definition) is 1. The molecule has 0 saturated heterocycles. The summed E-state index contributed by atoms with van der Waals surface area (Å²) >= 11 is 3.55. The van der Waals surface area contributed by atoms with Crippen LogP contribution in [-0.4, -0.2) is 0 Å². The molecule has 128 valence electrons. The van der Waals surface area contributed by atoms with Crippen molar-refractivity contribution in [3.8, 4) is 11.1 Å². The van der Waals surface area contributed by atoms with Crippen LogP contribution in [0.25, 0.3) is 11.1 Å². The van der Waals surface area contributed by atoms with E-state index < -0.39 is 0 Å². The average molecular weight is 402 g/mol. The minimum atomic E-state index is 0.359. The summed E-state index contributed by atoms with van der Waals surface area (Å²) in [4.78, 5) is 0. The van der Waals surface area contributed by atoms with E-state index in [4.69, 9.17) is 0 Å². The number of hydrogen-bond donors (Lipinski definition) is 1. The fraction of sp³-hybridized carbons (Fsp3) is 0.167. The maximum Gasteiger partial charge on any atom is 0.0553 e. The van der Waals surface area contributed by atoms with Crippen LogP contribution in [0, 0.1) is 5.92 Å². The third-order valence-corrected chi connectivity index (χ3v) is 6.23. The van der Waals surface area contributed by atoms with Crippen LogP contribution in [0.3, 0.4) is 0 Å². The zero-order valence-electron chi connectivity index (χ0n) is 14.4. The number of fused-ring (bicyclic) bond motifs is 3. The van der Waals surface area contributed by atoms with Gasteiger partial charge in [0.25, 0.3) is 0 Å². The second-order valence-corrected chi connectivity index (χ2v) is 8.11. The van der Waals surface area contributed by atoms with Gasteiger partial charge in [0, 0.05) is 16.1 Å². The molecule has 0 radical (unpaired) electrons. The predicted octanol–water partition coefficient (Wildman–Crippen LogP) is 6.94. The first kappa shape index (κ1) is 15.9. The highest BCUT2D eigenvalue weighted by Crippen LogP contribution is 2.50. The topological polar surface area (TPSA) is 12.0 Å². The molecule has 0 fully saturated rings. The van der Waals surface area contributed by atoms with Crippen molar-refractivity contribution in [2.75, 3.05) is 5.32 Å². The number of nitrogens with one attached hydrogen (secondary N) is 1. The van der Waals surface area contributed by atoms with Gasteiger partial charge in [0.15, 0.2) is 0 Å². The molecule has 0 aromatic heterocycles. The summed E-state index contributed by atoms with van der Waals surface area (Å²) in [7, 11) is 0. The van der Waals surface area contributed by atoms with Crippen LogP contribution in [0.4, 0.5) is 5.69 Å². The first-order valence-electron chi connectivity index (χ1n) is 9.17. The summed E-state index contributed by atoms with van der Waals surface area (Å²) in [5.41, 5.74) is 6.64. The molecule has 5 rings (SSSR count). The largest absolute Gasteiger partial charge is 0.378 e. The number of halogens is 1. The Morgan fingerprint density at radius 1 is 0.846 bits per heavy atom. The van der Waals surface area contributed by atoms with Crippen molar-refractivity contribution in [3.05, 3.63) is 101 Å². The van der Waals surface area contributed by atoms with Gasteiger partial charge in [-0.3, -0.25) is 0 Å². The monoisotopic (exact) mass is 401 g/mol. The molecule has 3 aromatic rings. The van der Waals surface area contributed by atoms with Crippen LogP contribution in [0.15, 0.2) is 89.4 Å². The summed E-state index contributed by atoms with van der Waals surface area (Å²) in [6.07, 6.45) is 5.89. The third-order valence-electron chi connectivity index (χ3n) is 5.70. The van der Waals surface area contributed by atoms with Gasteiger partial charge >= 0.3 is 0 Å². The number of anilines is 1. The SMILES string of the molecule is Brc1ccc([C@@H]2Nc3ccc(-c4ccccc4)cc3[C@H]3C=CC[C@H]32)cc1. The van der Waals surface area contributed by atoms with Crippen molar-refractivity contribution < 1.29 is 0 Å². The van der Waals surface area contributed by atoms with E-state index >= 15 is 0 Å². The standard InChI is InChI=1S/C24H20BrN/c25-19-12-9-17(10-13-19)24-21-8-4-7-20(21)22-15-18(11-14-23(22)26-24)16-5-2-1-3-6-16/h1-7,9-15,20-21,24,26H,8H2/t20-,21+,24-/m0/s1. The van der Waals surface area contributed by atoms with Gasteiger partial charge in [-0.1, -0.05) is 76.6 Å². The molecule has 0 bridgehead atoms. The Balaban J connectivity index is 1.56. The maximum atomic E-state index is 3.83. The Labute approximate surface area is 162 Å². The molecular formula is C24H20BrN. The van der Waals surface area contributed by atoms with Crippen molar-refractivity contribution in [3.63, 3.8) is 0 Å². The van der Waals surface area contributed by atoms with Gasteiger partial charge in [0.2, 0.25) is 0 Å². The van der Waals surface area contributed by atoms with E-state index in [1.54, 1.807) is 0 Å². The molecule has 3 atom stereocenters. The Kier molecular flexibility index (Phi) is 3.94. The van der Waals surface area contributed by atoms with E-state index in [9.17, 15) is 0 Å². The minimum absolute atomic E-state index is 0.359. The molecular weight excluding hydrogens is 382 g/mol. The summed E-state index contributed by atoms with van der Waals surface area (Å²) in [6, 6.07) is 26.6. The summed E-state index contributed by atoms with van der Waals surface area (Å²) in [5, 5.41) is 3.83. The second-order valence-electron chi connectivity index (χ2n) is 7.20. The van der Waals surface area contributed by atoms with Crippen molar-refractivity contribution in [1.82, 2.24) is 0 Å². The Hall–Kier alpha value is -2.32. The predicted molar refractivity (Wildman–Crippen MR) is 112 cm³/mol. The van der Waals surface area contributed by atoms with Gasteiger partial charge in [-0.25, -0.2) is 0 Å². The fourth-order valence-electron chi connectivity index (χ4n) is 4.40. The van der Waals surface area contributed by atoms with Crippen molar-refractivity contribution in [2.24, 2.45) is 5.92 Å². The summed E-state index contributed by atoms with van der Waals surface area (Å²) < 4.78 is 1.13. The Morgan fingerprint density at radius 3 is 2.46 bits per heavy atom.